The highest BCUT2D eigenvalue weighted by Gasteiger charge is 2.20. The van der Waals surface area contributed by atoms with E-state index >= 15 is 0 Å². The molecule has 4 nitrogen and oxygen atoms in total. The molecule has 1 unspecified atom stereocenters. The molecule has 2 aromatic rings. The largest absolute Gasteiger partial charge is 0.323 e. The van der Waals surface area contributed by atoms with Crippen molar-refractivity contribution < 1.29 is 8.42 Å². The fourth-order valence-corrected chi connectivity index (χ4v) is 3.99. The number of fused-ring (bicyclic) bond motifs is 1. The maximum Gasteiger partial charge on any atom is 0.177 e. The van der Waals surface area contributed by atoms with Crippen LogP contribution in [-0.4, -0.2) is 36.2 Å². The van der Waals surface area contributed by atoms with Gasteiger partial charge in [-0.3, -0.25) is 0 Å². The number of rotatable bonds is 5. The molecule has 1 heterocycles. The fourth-order valence-electron chi connectivity index (χ4n) is 2.34. The highest BCUT2D eigenvalue weighted by molar-refractivity contribution is 7.98. The van der Waals surface area contributed by atoms with Crippen LogP contribution >= 0.6 is 23.4 Å². The Morgan fingerprint density at radius 3 is 2.70 bits per heavy atom. The van der Waals surface area contributed by atoms with E-state index in [4.69, 9.17) is 11.6 Å². The van der Waals surface area contributed by atoms with Crippen LogP contribution in [0.1, 0.15) is 18.8 Å². The van der Waals surface area contributed by atoms with Gasteiger partial charge in [-0.25, -0.2) is 13.4 Å². The number of imidazole rings is 1. The van der Waals surface area contributed by atoms with E-state index in [9.17, 15) is 8.42 Å². The van der Waals surface area contributed by atoms with Crippen molar-refractivity contribution in [2.24, 2.45) is 0 Å². The number of alkyl halides is 1. The summed E-state index contributed by atoms with van der Waals surface area (Å²) in [5.74, 6) is 1.88. The Labute approximate surface area is 128 Å². The van der Waals surface area contributed by atoms with Crippen LogP contribution in [0.4, 0.5) is 0 Å². The molecule has 2 rings (SSSR count). The van der Waals surface area contributed by atoms with Gasteiger partial charge >= 0.3 is 0 Å². The quantitative estimate of drug-likeness (QED) is 0.789. The van der Waals surface area contributed by atoms with Crippen molar-refractivity contribution in [1.29, 1.82) is 0 Å². The molecule has 20 heavy (non-hydrogen) atoms. The number of hydrogen-bond acceptors (Lipinski definition) is 4. The van der Waals surface area contributed by atoms with E-state index in [1.807, 2.05) is 16.9 Å². The van der Waals surface area contributed by atoms with Crippen LogP contribution < -0.4 is 0 Å². The third-order valence-corrected chi connectivity index (χ3v) is 5.31. The van der Waals surface area contributed by atoms with Crippen LogP contribution in [0, 0.1) is 0 Å². The van der Waals surface area contributed by atoms with Gasteiger partial charge in [0, 0.05) is 18.1 Å². The highest BCUT2D eigenvalue weighted by atomic mass is 35.5. The van der Waals surface area contributed by atoms with Crippen LogP contribution in [0.2, 0.25) is 0 Å². The predicted octanol–water partition coefficient (Wildman–Crippen LogP) is 3.10. The number of hydrogen-bond donors (Lipinski definition) is 0. The summed E-state index contributed by atoms with van der Waals surface area (Å²) in [7, 11) is -3.30. The van der Waals surface area contributed by atoms with Crippen molar-refractivity contribution in [1.82, 2.24) is 9.55 Å². The van der Waals surface area contributed by atoms with E-state index in [2.05, 4.69) is 11.9 Å². The first-order chi connectivity index (χ1) is 9.40. The molecule has 0 fully saturated rings. The van der Waals surface area contributed by atoms with E-state index in [-0.39, 0.29) is 16.8 Å². The van der Waals surface area contributed by atoms with Gasteiger partial charge in [0.15, 0.2) is 9.84 Å². The van der Waals surface area contributed by atoms with Gasteiger partial charge in [-0.1, -0.05) is 6.07 Å². The van der Waals surface area contributed by atoms with E-state index in [1.165, 1.54) is 6.26 Å². The third-order valence-electron chi connectivity index (χ3n) is 3.12. The van der Waals surface area contributed by atoms with E-state index in [0.717, 1.165) is 11.3 Å². The summed E-state index contributed by atoms with van der Waals surface area (Å²) in [6.07, 6.45) is 3.24. The van der Waals surface area contributed by atoms with Gasteiger partial charge in [0.2, 0.25) is 0 Å². The zero-order valence-corrected chi connectivity index (χ0v) is 14.0. The van der Waals surface area contributed by atoms with Gasteiger partial charge in [-0.15, -0.1) is 11.6 Å². The Balaban J connectivity index is 2.76. The van der Waals surface area contributed by atoms with Gasteiger partial charge in [0.1, 0.15) is 11.3 Å². The van der Waals surface area contributed by atoms with Gasteiger partial charge in [0.25, 0.3) is 0 Å². The molecule has 0 aliphatic carbocycles. The summed E-state index contributed by atoms with van der Waals surface area (Å²) in [4.78, 5) is 4.70. The van der Waals surface area contributed by atoms with Crippen LogP contribution in [0.15, 0.2) is 23.1 Å². The Hall–Kier alpha value is -0.720. The van der Waals surface area contributed by atoms with Crippen LogP contribution in [0.25, 0.3) is 11.0 Å². The number of nitrogens with zero attached hydrogens (tertiary/aromatic N) is 2. The van der Waals surface area contributed by atoms with Crippen molar-refractivity contribution >= 4 is 44.2 Å². The van der Waals surface area contributed by atoms with Crippen LogP contribution in [0.5, 0.6) is 0 Å². The van der Waals surface area contributed by atoms with E-state index in [1.54, 1.807) is 23.9 Å². The molecule has 110 valence electrons. The molecule has 0 spiro atoms. The maximum atomic E-state index is 11.9. The van der Waals surface area contributed by atoms with Gasteiger partial charge in [-0.05, 0) is 25.3 Å². The number of aromatic nitrogens is 2. The number of para-hydroxylation sites is 1. The standard InChI is InChI=1S/C13H17ClN2O2S2/c1-9(8-19-2)16-10-5-4-6-11(20(3,17)18)13(10)15-12(16)7-14/h4-6,9H,7-8H2,1-3H3. The normalized spacial score (nSPS) is 13.8. The zero-order chi connectivity index (χ0) is 14.9. The molecule has 7 heteroatoms. The molecule has 0 aliphatic heterocycles. The highest BCUT2D eigenvalue weighted by Crippen LogP contribution is 2.28. The Bertz CT molecular complexity index is 725. The minimum atomic E-state index is -3.30. The molecule has 0 N–H and O–H groups in total. The first-order valence-corrected chi connectivity index (χ1v) is 9.97. The lowest BCUT2D eigenvalue weighted by Gasteiger charge is -2.15. The maximum absolute atomic E-state index is 11.9. The number of sulfone groups is 1. The minimum Gasteiger partial charge on any atom is -0.323 e. The second-order valence-corrected chi connectivity index (χ2v) is 7.89. The number of thioether (sulfide) groups is 1. The predicted molar refractivity (Wildman–Crippen MR) is 85.5 cm³/mol. The lowest BCUT2D eigenvalue weighted by Crippen LogP contribution is -2.10. The summed E-state index contributed by atoms with van der Waals surface area (Å²) >= 11 is 7.71. The summed E-state index contributed by atoms with van der Waals surface area (Å²) in [6, 6.07) is 5.44. The summed E-state index contributed by atoms with van der Waals surface area (Å²) in [5, 5.41) is 0. The van der Waals surface area contributed by atoms with Crippen molar-refractivity contribution in [2.45, 2.75) is 23.7 Å². The molecule has 0 saturated heterocycles. The molecule has 0 aliphatic rings. The average Bonchev–Trinajstić information content (AvgIpc) is 2.75. The molecular weight excluding hydrogens is 316 g/mol. The van der Waals surface area contributed by atoms with Crippen molar-refractivity contribution in [2.75, 3.05) is 18.3 Å². The molecule has 1 atom stereocenters. The Kier molecular flexibility index (Phi) is 4.66. The fraction of sp³-hybridized carbons (Fsp3) is 0.462. The minimum absolute atomic E-state index is 0.207. The Morgan fingerprint density at radius 2 is 2.15 bits per heavy atom. The lowest BCUT2D eigenvalue weighted by atomic mass is 10.3. The molecular formula is C13H17ClN2O2S2. The van der Waals surface area contributed by atoms with E-state index in [0.29, 0.717) is 11.3 Å². The van der Waals surface area contributed by atoms with Crippen molar-refractivity contribution in [3.8, 4) is 0 Å². The molecule has 0 bridgehead atoms. The second kappa shape index (κ2) is 5.95. The topological polar surface area (TPSA) is 52.0 Å². The molecule has 0 amide bonds. The first-order valence-electron chi connectivity index (χ1n) is 6.15. The molecule has 0 saturated carbocycles. The molecule has 1 aromatic carbocycles. The summed E-state index contributed by atoms with van der Waals surface area (Å²) in [6.45, 7) is 2.08. The second-order valence-electron chi connectivity index (χ2n) is 4.73. The summed E-state index contributed by atoms with van der Waals surface area (Å²) in [5.41, 5.74) is 1.34. The number of halogens is 1. The monoisotopic (exact) mass is 332 g/mol. The average molecular weight is 333 g/mol. The molecule has 0 radical (unpaired) electrons. The SMILES string of the molecule is CSCC(C)n1c(CCl)nc2c(S(C)(=O)=O)cccc21. The zero-order valence-electron chi connectivity index (χ0n) is 11.6. The van der Waals surface area contributed by atoms with Gasteiger partial charge in [-0.2, -0.15) is 11.8 Å². The smallest absolute Gasteiger partial charge is 0.177 e. The molecule has 1 aromatic heterocycles. The van der Waals surface area contributed by atoms with Crippen molar-refractivity contribution in [3.05, 3.63) is 24.0 Å². The van der Waals surface area contributed by atoms with Gasteiger partial charge in [0.05, 0.1) is 16.3 Å². The lowest BCUT2D eigenvalue weighted by molar-refractivity contribution is 0.602. The Morgan fingerprint density at radius 1 is 1.45 bits per heavy atom. The van der Waals surface area contributed by atoms with Gasteiger partial charge < -0.3 is 4.57 Å². The van der Waals surface area contributed by atoms with E-state index < -0.39 is 9.84 Å². The number of benzene rings is 1. The van der Waals surface area contributed by atoms with Crippen LogP contribution in [-0.2, 0) is 15.7 Å². The van der Waals surface area contributed by atoms with Crippen molar-refractivity contribution in [3.63, 3.8) is 0 Å². The summed E-state index contributed by atoms with van der Waals surface area (Å²) < 4.78 is 25.8. The van der Waals surface area contributed by atoms with Crippen LogP contribution in [0.3, 0.4) is 0 Å². The first kappa shape index (κ1) is 15.7. The third kappa shape index (κ3) is 2.82.